The molecule has 0 N–H and O–H groups in total. The van der Waals surface area contributed by atoms with Gasteiger partial charge in [-0.1, -0.05) is 18.6 Å². The Hall–Kier alpha value is -4.66. The Kier molecular flexibility index (Phi) is 6.99. The summed E-state index contributed by atoms with van der Waals surface area (Å²) in [6, 6.07) is 23.6. The molecule has 0 aliphatic carbocycles. The van der Waals surface area contributed by atoms with E-state index in [1.165, 1.54) is 77.8 Å². The third-order valence-electron chi connectivity index (χ3n) is 14.3. The largest absolute Gasteiger partial charge is 0.487 e. The van der Waals surface area contributed by atoms with Crippen LogP contribution >= 0.6 is 0 Å². The molecule has 5 atom stereocenters. The van der Waals surface area contributed by atoms with Crippen LogP contribution in [-0.2, 0) is 12.8 Å². The minimum absolute atomic E-state index is 0.00911. The van der Waals surface area contributed by atoms with Crippen molar-refractivity contribution < 1.29 is 9.47 Å². The molecule has 0 saturated carbocycles. The molecule has 6 aliphatic rings. The van der Waals surface area contributed by atoms with Crippen LogP contribution in [0.2, 0.25) is 0 Å². The van der Waals surface area contributed by atoms with E-state index in [1.807, 2.05) is 12.4 Å². The lowest BCUT2D eigenvalue weighted by atomic mass is 9.77. The first-order chi connectivity index (χ1) is 26.5. The molecular weight excluding hydrogens is 669 g/mol. The van der Waals surface area contributed by atoms with Gasteiger partial charge in [-0.05, 0) is 121 Å². The van der Waals surface area contributed by atoms with Gasteiger partial charge in [0.05, 0.1) is 5.69 Å². The highest BCUT2D eigenvalue weighted by Crippen LogP contribution is 2.48. The predicted octanol–water partition coefficient (Wildman–Crippen LogP) is 8.35. The van der Waals surface area contributed by atoms with Crippen LogP contribution in [0.5, 0.6) is 11.5 Å². The minimum Gasteiger partial charge on any atom is -0.487 e. The number of piperidine rings is 4. The van der Waals surface area contributed by atoms with E-state index in [9.17, 15) is 0 Å². The maximum atomic E-state index is 6.89. The summed E-state index contributed by atoms with van der Waals surface area (Å²) >= 11 is 0. The fourth-order valence-electron chi connectivity index (χ4n) is 11.4. The number of pyridine rings is 2. The Morgan fingerprint density at radius 2 is 1.28 bits per heavy atom. The second kappa shape index (κ2) is 11.9. The van der Waals surface area contributed by atoms with Crippen molar-refractivity contribution in [3.05, 3.63) is 108 Å². The molecule has 4 aromatic heterocycles. The molecule has 54 heavy (non-hydrogen) atoms. The van der Waals surface area contributed by atoms with Crippen LogP contribution in [0, 0.1) is 0 Å². The molecular formula is C46H48N6O2. The molecule has 4 saturated heterocycles. The van der Waals surface area contributed by atoms with E-state index >= 15 is 0 Å². The monoisotopic (exact) mass is 716 g/mol. The van der Waals surface area contributed by atoms with Crippen molar-refractivity contribution >= 4 is 11.3 Å². The first-order valence-corrected chi connectivity index (χ1v) is 20.6. The van der Waals surface area contributed by atoms with Gasteiger partial charge in [-0.25, -0.2) is 9.97 Å². The van der Waals surface area contributed by atoms with Crippen molar-refractivity contribution in [1.29, 1.82) is 0 Å². The van der Waals surface area contributed by atoms with Gasteiger partial charge in [0, 0.05) is 101 Å². The zero-order chi connectivity index (χ0) is 35.4. The zero-order valence-corrected chi connectivity index (χ0v) is 31.0. The summed E-state index contributed by atoms with van der Waals surface area (Å²) in [5.74, 6) is 2.63. The number of ether oxygens (including phenoxy) is 2. The van der Waals surface area contributed by atoms with E-state index in [0.29, 0.717) is 18.0 Å². The van der Waals surface area contributed by atoms with E-state index in [4.69, 9.17) is 14.5 Å². The van der Waals surface area contributed by atoms with Crippen LogP contribution in [0.25, 0.3) is 33.5 Å². The number of imidazole rings is 2. The highest BCUT2D eigenvalue weighted by molar-refractivity contribution is 5.68. The number of aromatic nitrogens is 4. The van der Waals surface area contributed by atoms with Gasteiger partial charge in [-0.2, -0.15) is 0 Å². The van der Waals surface area contributed by atoms with Crippen LogP contribution < -0.4 is 9.47 Å². The SMILES string of the molecule is c1cn2cc(-c3ccc4c(c3)C[C@]3(CCN5CCC(c6cn7cc(-c8ccc9c(c8)C[C@@]8(CCN%10CCCC[C@@H]%10C8)O9)ccc7n6)C[C@@H]5C3)O4)ccc2n1. The summed E-state index contributed by atoms with van der Waals surface area (Å²) in [6.45, 7) is 4.70. The second-order valence-corrected chi connectivity index (χ2v) is 17.5. The molecule has 0 bridgehead atoms. The number of rotatable bonds is 3. The van der Waals surface area contributed by atoms with Gasteiger partial charge in [0.2, 0.25) is 0 Å². The van der Waals surface area contributed by atoms with Crippen molar-refractivity contribution in [2.24, 2.45) is 0 Å². The van der Waals surface area contributed by atoms with Crippen LogP contribution in [-0.4, -0.2) is 78.0 Å². The Bertz CT molecular complexity index is 2430. The summed E-state index contributed by atoms with van der Waals surface area (Å²) in [7, 11) is 0. The molecule has 274 valence electrons. The third-order valence-corrected chi connectivity index (χ3v) is 14.3. The van der Waals surface area contributed by atoms with E-state index in [-0.39, 0.29) is 11.2 Å². The molecule has 0 radical (unpaired) electrons. The van der Waals surface area contributed by atoms with Crippen molar-refractivity contribution in [2.45, 2.75) is 99.8 Å². The summed E-state index contributed by atoms with van der Waals surface area (Å²) in [5.41, 5.74) is 10.8. The fraction of sp³-hybridized carbons (Fsp3) is 0.435. The predicted molar refractivity (Wildman–Crippen MR) is 210 cm³/mol. The summed E-state index contributed by atoms with van der Waals surface area (Å²) in [5, 5.41) is 0. The van der Waals surface area contributed by atoms with Gasteiger partial charge >= 0.3 is 0 Å². The molecule has 8 heteroatoms. The average molecular weight is 717 g/mol. The molecule has 1 unspecified atom stereocenters. The Balaban J connectivity index is 0.743. The van der Waals surface area contributed by atoms with Crippen molar-refractivity contribution in [2.75, 3.05) is 26.2 Å². The van der Waals surface area contributed by atoms with Crippen molar-refractivity contribution in [3.8, 4) is 33.8 Å². The Labute approximate surface area is 316 Å². The standard InChI is InChI=1S/C46H48N6O2/c1-2-16-49-18-13-45(26-38(49)3-1)24-36-22-32(5-9-41(36)53-45)35-7-11-44-48-40(30-52(44)29-35)33-12-17-50-19-14-46(27-39(50)23-33)25-37-21-31(4-8-42(37)54-46)34-6-10-43-47-15-20-51(43)28-34/h4-11,15,20-22,28-30,33,38-39H,1-3,12-14,16-19,23-27H2/t33?,38-,39-,45-,46+/m1/s1. The van der Waals surface area contributed by atoms with Gasteiger partial charge in [0.25, 0.3) is 0 Å². The van der Waals surface area contributed by atoms with E-state index < -0.39 is 0 Å². The van der Waals surface area contributed by atoms with E-state index in [2.05, 4.69) is 103 Å². The highest BCUT2D eigenvalue weighted by atomic mass is 16.5. The molecule has 6 aromatic rings. The number of nitrogens with zero attached hydrogens (tertiary/aromatic N) is 6. The van der Waals surface area contributed by atoms with Crippen LogP contribution in [0.4, 0.5) is 0 Å². The molecule has 2 spiro atoms. The number of fused-ring (bicyclic) bond motifs is 6. The summed E-state index contributed by atoms with van der Waals surface area (Å²) in [6.07, 6.45) is 23.5. The zero-order valence-electron chi connectivity index (χ0n) is 31.0. The van der Waals surface area contributed by atoms with Crippen LogP contribution in [0.1, 0.15) is 80.5 Å². The van der Waals surface area contributed by atoms with Gasteiger partial charge in [-0.3, -0.25) is 0 Å². The lowest BCUT2D eigenvalue weighted by molar-refractivity contribution is -0.0286. The molecule has 4 fully saturated rings. The van der Waals surface area contributed by atoms with E-state index in [1.54, 1.807) is 0 Å². The second-order valence-electron chi connectivity index (χ2n) is 17.5. The molecule has 2 aromatic carbocycles. The number of hydrogen-bond acceptors (Lipinski definition) is 6. The van der Waals surface area contributed by atoms with Gasteiger partial charge in [-0.15, -0.1) is 0 Å². The smallest absolute Gasteiger partial charge is 0.137 e. The van der Waals surface area contributed by atoms with Crippen molar-refractivity contribution in [3.63, 3.8) is 0 Å². The third kappa shape index (κ3) is 5.24. The van der Waals surface area contributed by atoms with Gasteiger partial charge < -0.3 is 28.1 Å². The Morgan fingerprint density at radius 3 is 2.04 bits per heavy atom. The molecule has 10 heterocycles. The lowest BCUT2D eigenvalue weighted by Gasteiger charge is -2.48. The quantitative estimate of drug-likeness (QED) is 0.184. The first kappa shape index (κ1) is 31.7. The Morgan fingerprint density at radius 1 is 0.611 bits per heavy atom. The first-order valence-electron chi connectivity index (χ1n) is 20.6. The van der Waals surface area contributed by atoms with Gasteiger partial charge in [0.15, 0.2) is 0 Å². The maximum absolute atomic E-state index is 6.89. The summed E-state index contributed by atoms with van der Waals surface area (Å²) in [4.78, 5) is 15.1. The summed E-state index contributed by atoms with van der Waals surface area (Å²) < 4.78 is 18.0. The van der Waals surface area contributed by atoms with Crippen LogP contribution in [0.3, 0.4) is 0 Å². The molecule has 12 rings (SSSR count). The van der Waals surface area contributed by atoms with E-state index in [0.717, 1.165) is 80.8 Å². The lowest BCUT2D eigenvalue weighted by Crippen LogP contribution is -2.55. The van der Waals surface area contributed by atoms with Crippen molar-refractivity contribution in [1.82, 2.24) is 28.6 Å². The average Bonchev–Trinajstić information content (AvgIpc) is 4.00. The number of benzene rings is 2. The maximum Gasteiger partial charge on any atom is 0.137 e. The minimum atomic E-state index is -0.111. The fourth-order valence-corrected chi connectivity index (χ4v) is 11.4. The highest BCUT2D eigenvalue weighted by Gasteiger charge is 2.48. The molecule has 6 aliphatic heterocycles. The topological polar surface area (TPSA) is 59.5 Å². The van der Waals surface area contributed by atoms with Gasteiger partial charge in [0.1, 0.15) is 34.0 Å². The number of hydrogen-bond donors (Lipinski definition) is 0. The normalized spacial score (nSPS) is 29.2. The van der Waals surface area contributed by atoms with Crippen LogP contribution in [0.15, 0.2) is 91.6 Å². The molecule has 8 nitrogen and oxygen atoms in total. The molecule has 0 amide bonds.